The molecule has 2 unspecified atom stereocenters. The molecule has 0 amide bonds. The molecule has 0 aromatic rings. The van der Waals surface area contributed by atoms with Crippen LogP contribution >= 0.6 is 0 Å². The topological polar surface area (TPSA) is 15.3 Å². The van der Waals surface area contributed by atoms with Gasteiger partial charge in [-0.05, 0) is 57.8 Å². The van der Waals surface area contributed by atoms with Crippen molar-refractivity contribution in [3.63, 3.8) is 0 Å². The molecule has 0 aromatic heterocycles. The summed E-state index contributed by atoms with van der Waals surface area (Å²) in [5.74, 6) is 1.77. The van der Waals surface area contributed by atoms with Crippen LogP contribution in [-0.4, -0.2) is 37.1 Å². The molecule has 1 aliphatic rings. The van der Waals surface area contributed by atoms with Crippen LogP contribution in [0.2, 0.25) is 0 Å². The fourth-order valence-corrected chi connectivity index (χ4v) is 2.96. The van der Waals surface area contributed by atoms with Crippen molar-refractivity contribution in [3.8, 4) is 0 Å². The second-order valence-corrected chi connectivity index (χ2v) is 5.79. The molecule has 1 heterocycles. The van der Waals surface area contributed by atoms with Gasteiger partial charge in [0.1, 0.15) is 0 Å². The zero-order chi connectivity index (χ0) is 12.7. The van der Waals surface area contributed by atoms with Gasteiger partial charge in [0.15, 0.2) is 0 Å². The lowest BCUT2D eigenvalue weighted by molar-refractivity contribution is 0.106. The van der Waals surface area contributed by atoms with Crippen molar-refractivity contribution < 1.29 is 0 Å². The number of hydrogen-bond donors (Lipinski definition) is 1. The fraction of sp³-hybridized carbons (Fsp3) is 1.00. The van der Waals surface area contributed by atoms with E-state index in [-0.39, 0.29) is 0 Å². The maximum Gasteiger partial charge on any atom is 0.0105 e. The Morgan fingerprint density at radius 1 is 1.18 bits per heavy atom. The van der Waals surface area contributed by atoms with Gasteiger partial charge in [-0.1, -0.05) is 33.6 Å². The van der Waals surface area contributed by atoms with Gasteiger partial charge < -0.3 is 10.2 Å². The first-order valence-corrected chi connectivity index (χ1v) is 7.63. The van der Waals surface area contributed by atoms with Gasteiger partial charge >= 0.3 is 0 Å². The van der Waals surface area contributed by atoms with E-state index in [2.05, 4.69) is 37.9 Å². The first-order valence-electron chi connectivity index (χ1n) is 7.63. The molecule has 0 aromatic carbocycles. The summed E-state index contributed by atoms with van der Waals surface area (Å²) in [5, 5.41) is 3.47. The quantitative estimate of drug-likeness (QED) is 0.735. The van der Waals surface area contributed by atoms with Gasteiger partial charge in [-0.25, -0.2) is 0 Å². The number of likely N-dealkylation sites (tertiary alicyclic amines) is 1. The average molecular weight is 240 g/mol. The molecule has 0 bridgehead atoms. The van der Waals surface area contributed by atoms with Crippen molar-refractivity contribution in [1.29, 1.82) is 0 Å². The average Bonchev–Trinajstić information content (AvgIpc) is 2.36. The van der Waals surface area contributed by atoms with E-state index in [0.29, 0.717) is 0 Å². The van der Waals surface area contributed by atoms with Crippen LogP contribution in [0.5, 0.6) is 0 Å². The summed E-state index contributed by atoms with van der Waals surface area (Å²) < 4.78 is 0. The minimum atomic E-state index is 0.733. The Morgan fingerprint density at radius 2 is 1.82 bits per heavy atom. The summed E-state index contributed by atoms with van der Waals surface area (Å²) in [6.07, 6.45) is 5.64. The van der Waals surface area contributed by atoms with E-state index in [1.54, 1.807) is 0 Å². The summed E-state index contributed by atoms with van der Waals surface area (Å²) in [4.78, 5) is 2.70. The lowest BCUT2D eigenvalue weighted by atomic mass is 9.90. The van der Waals surface area contributed by atoms with E-state index in [1.807, 2.05) is 0 Å². The monoisotopic (exact) mass is 240 g/mol. The Balaban J connectivity index is 2.27. The minimum Gasteiger partial charge on any atom is -0.317 e. The maximum atomic E-state index is 3.47. The number of nitrogens with zero attached hydrogens (tertiary/aromatic N) is 1. The molecule has 0 aliphatic carbocycles. The van der Waals surface area contributed by atoms with Crippen molar-refractivity contribution in [1.82, 2.24) is 10.2 Å². The van der Waals surface area contributed by atoms with Gasteiger partial charge in [0.25, 0.3) is 0 Å². The van der Waals surface area contributed by atoms with Crippen LogP contribution in [0.1, 0.15) is 53.4 Å². The van der Waals surface area contributed by atoms with Crippen LogP contribution in [0.4, 0.5) is 0 Å². The molecular weight excluding hydrogens is 208 g/mol. The summed E-state index contributed by atoms with van der Waals surface area (Å²) >= 11 is 0. The summed E-state index contributed by atoms with van der Waals surface area (Å²) in [6, 6.07) is 0.733. The van der Waals surface area contributed by atoms with Gasteiger partial charge in [0.2, 0.25) is 0 Å². The molecule has 1 aliphatic heterocycles. The summed E-state index contributed by atoms with van der Waals surface area (Å²) in [5.41, 5.74) is 0. The molecule has 102 valence electrons. The Kier molecular flexibility index (Phi) is 7.14. The molecule has 1 N–H and O–H groups in total. The number of hydrogen-bond acceptors (Lipinski definition) is 2. The highest BCUT2D eigenvalue weighted by Crippen LogP contribution is 2.24. The zero-order valence-electron chi connectivity index (χ0n) is 12.3. The van der Waals surface area contributed by atoms with Crippen LogP contribution in [0.3, 0.4) is 0 Å². The van der Waals surface area contributed by atoms with Crippen molar-refractivity contribution in [2.24, 2.45) is 11.8 Å². The van der Waals surface area contributed by atoms with Gasteiger partial charge in [0.05, 0.1) is 0 Å². The molecule has 1 fully saturated rings. The van der Waals surface area contributed by atoms with Crippen LogP contribution in [-0.2, 0) is 0 Å². The van der Waals surface area contributed by atoms with Crippen molar-refractivity contribution in [2.45, 2.75) is 59.4 Å². The number of rotatable bonds is 7. The van der Waals surface area contributed by atoms with Crippen LogP contribution in [0.25, 0.3) is 0 Å². The molecule has 2 nitrogen and oxygen atoms in total. The van der Waals surface area contributed by atoms with Gasteiger partial charge in [0, 0.05) is 6.04 Å². The van der Waals surface area contributed by atoms with Crippen molar-refractivity contribution in [2.75, 3.05) is 26.2 Å². The van der Waals surface area contributed by atoms with E-state index >= 15 is 0 Å². The minimum absolute atomic E-state index is 0.733. The SMILES string of the molecule is CCCC1CCN(C(C)C(C)CNCC)CC1. The predicted molar refractivity (Wildman–Crippen MR) is 76.4 cm³/mol. The van der Waals surface area contributed by atoms with Crippen molar-refractivity contribution >= 4 is 0 Å². The molecule has 17 heavy (non-hydrogen) atoms. The third kappa shape index (κ3) is 4.97. The number of piperidine rings is 1. The third-order valence-electron chi connectivity index (χ3n) is 4.46. The Labute approximate surface area is 108 Å². The predicted octanol–water partition coefficient (Wildman–Crippen LogP) is 3.13. The Bertz CT molecular complexity index is 185. The largest absolute Gasteiger partial charge is 0.317 e. The van der Waals surface area contributed by atoms with Gasteiger partial charge in [-0.15, -0.1) is 0 Å². The maximum absolute atomic E-state index is 3.47. The molecule has 1 rings (SSSR count). The second kappa shape index (κ2) is 8.10. The van der Waals surface area contributed by atoms with Crippen LogP contribution < -0.4 is 5.32 Å². The molecule has 2 heteroatoms. The lowest BCUT2D eigenvalue weighted by Gasteiger charge is -2.38. The highest BCUT2D eigenvalue weighted by molar-refractivity contribution is 4.79. The van der Waals surface area contributed by atoms with Gasteiger partial charge in [-0.3, -0.25) is 0 Å². The number of nitrogens with one attached hydrogen (secondary N) is 1. The Hall–Kier alpha value is -0.0800. The lowest BCUT2D eigenvalue weighted by Crippen LogP contribution is -2.45. The molecule has 2 atom stereocenters. The van der Waals surface area contributed by atoms with E-state index in [0.717, 1.165) is 31.0 Å². The highest BCUT2D eigenvalue weighted by Gasteiger charge is 2.24. The molecule has 0 saturated carbocycles. The first kappa shape index (κ1) is 15.0. The first-order chi connectivity index (χ1) is 8.19. The molecule has 0 spiro atoms. The Morgan fingerprint density at radius 3 is 2.35 bits per heavy atom. The molecule has 0 radical (unpaired) electrons. The van der Waals surface area contributed by atoms with E-state index in [1.165, 1.54) is 38.8 Å². The third-order valence-corrected chi connectivity index (χ3v) is 4.46. The van der Waals surface area contributed by atoms with E-state index < -0.39 is 0 Å². The zero-order valence-corrected chi connectivity index (χ0v) is 12.3. The van der Waals surface area contributed by atoms with Crippen molar-refractivity contribution in [3.05, 3.63) is 0 Å². The smallest absolute Gasteiger partial charge is 0.0105 e. The second-order valence-electron chi connectivity index (χ2n) is 5.79. The van der Waals surface area contributed by atoms with E-state index in [9.17, 15) is 0 Å². The van der Waals surface area contributed by atoms with Crippen LogP contribution in [0, 0.1) is 11.8 Å². The van der Waals surface area contributed by atoms with Crippen LogP contribution in [0.15, 0.2) is 0 Å². The highest BCUT2D eigenvalue weighted by atomic mass is 15.2. The fourth-order valence-electron chi connectivity index (χ4n) is 2.96. The van der Waals surface area contributed by atoms with Gasteiger partial charge in [-0.2, -0.15) is 0 Å². The van der Waals surface area contributed by atoms with E-state index in [4.69, 9.17) is 0 Å². The summed E-state index contributed by atoms with van der Waals surface area (Å²) in [7, 11) is 0. The molecule has 1 saturated heterocycles. The molecular formula is C15H32N2. The summed E-state index contributed by atoms with van der Waals surface area (Å²) in [6.45, 7) is 14.2. The normalized spacial score (nSPS) is 22.6. The standard InChI is InChI=1S/C15H32N2/c1-5-7-15-8-10-17(11-9-15)14(4)13(3)12-16-6-2/h13-16H,5-12H2,1-4H3.